The highest BCUT2D eigenvalue weighted by Crippen LogP contribution is 2.32. The van der Waals surface area contributed by atoms with Crippen LogP contribution < -0.4 is 0 Å². The van der Waals surface area contributed by atoms with Crippen LogP contribution in [-0.4, -0.2) is 47.2 Å². The van der Waals surface area contributed by atoms with E-state index in [4.69, 9.17) is 9.47 Å². The molecule has 0 bridgehead atoms. The summed E-state index contributed by atoms with van der Waals surface area (Å²) in [5.74, 6) is 0.0977. The predicted molar refractivity (Wildman–Crippen MR) is 90.9 cm³/mol. The minimum atomic E-state index is -0.0765. The molecule has 0 aromatic carbocycles. The summed E-state index contributed by atoms with van der Waals surface area (Å²) in [6.07, 6.45) is 5.40. The first-order valence-electron chi connectivity index (χ1n) is 8.29. The molecule has 1 amide bonds. The number of pyridine rings is 1. The summed E-state index contributed by atoms with van der Waals surface area (Å²) in [5.41, 5.74) is 1.08. The van der Waals surface area contributed by atoms with E-state index in [1.807, 2.05) is 34.5 Å². The number of rotatable bonds is 4. The average molecular weight is 344 g/mol. The summed E-state index contributed by atoms with van der Waals surface area (Å²) in [6.45, 7) is 1.86. The molecule has 2 saturated heterocycles. The van der Waals surface area contributed by atoms with Gasteiger partial charge in [0.1, 0.15) is 12.2 Å². The Kier molecular flexibility index (Phi) is 4.60. The molecule has 2 fully saturated rings. The van der Waals surface area contributed by atoms with Crippen molar-refractivity contribution in [2.45, 2.75) is 37.7 Å². The average Bonchev–Trinajstić information content (AvgIpc) is 3.29. The zero-order chi connectivity index (χ0) is 16.4. The summed E-state index contributed by atoms with van der Waals surface area (Å²) >= 11 is 1.49. The van der Waals surface area contributed by atoms with Gasteiger partial charge in [0, 0.05) is 19.0 Å². The third-order valence-electron chi connectivity index (χ3n) is 4.68. The molecule has 2 aromatic rings. The lowest BCUT2D eigenvalue weighted by Gasteiger charge is -2.32. The van der Waals surface area contributed by atoms with E-state index in [-0.39, 0.29) is 24.2 Å². The Hall–Kier alpha value is -1.76. The molecule has 2 aliphatic rings. The van der Waals surface area contributed by atoms with Crippen LogP contribution >= 0.6 is 11.3 Å². The van der Waals surface area contributed by atoms with Gasteiger partial charge in [0.25, 0.3) is 5.91 Å². The van der Waals surface area contributed by atoms with Crippen LogP contribution in [0.4, 0.5) is 0 Å². The summed E-state index contributed by atoms with van der Waals surface area (Å²) in [7, 11) is 0. The topological polar surface area (TPSA) is 51.7 Å². The molecular weight excluding hydrogens is 324 g/mol. The maximum Gasteiger partial charge on any atom is 0.264 e. The van der Waals surface area contributed by atoms with Crippen molar-refractivity contribution in [1.82, 2.24) is 9.88 Å². The van der Waals surface area contributed by atoms with Crippen LogP contribution in [0.2, 0.25) is 0 Å². The van der Waals surface area contributed by atoms with Gasteiger partial charge in [-0.05, 0) is 42.0 Å². The fourth-order valence-electron chi connectivity index (χ4n) is 3.51. The van der Waals surface area contributed by atoms with E-state index in [2.05, 4.69) is 4.98 Å². The zero-order valence-corrected chi connectivity index (χ0v) is 14.2. The number of hydrogen-bond acceptors (Lipinski definition) is 5. The van der Waals surface area contributed by atoms with Crippen LogP contribution in [0, 0.1) is 0 Å². The van der Waals surface area contributed by atoms with Crippen LogP contribution in [0.1, 0.15) is 28.1 Å². The van der Waals surface area contributed by atoms with Crippen molar-refractivity contribution in [3.63, 3.8) is 0 Å². The molecule has 0 N–H and O–H groups in total. The minimum Gasteiger partial charge on any atom is -0.373 e. The van der Waals surface area contributed by atoms with Crippen molar-refractivity contribution in [2.24, 2.45) is 0 Å². The number of carbonyl (C=O) groups is 1. The number of likely N-dealkylation sites (tertiary alicyclic amines) is 1. The Balaban J connectivity index is 1.48. The lowest BCUT2D eigenvalue weighted by molar-refractivity contribution is -0.0809. The Bertz CT molecular complexity index is 677. The first kappa shape index (κ1) is 15.7. The van der Waals surface area contributed by atoms with Crippen molar-refractivity contribution < 1.29 is 14.3 Å². The molecule has 2 aromatic heterocycles. The highest BCUT2D eigenvalue weighted by Gasteiger charge is 2.46. The highest BCUT2D eigenvalue weighted by atomic mass is 32.1. The molecule has 3 atom stereocenters. The molecule has 4 heterocycles. The van der Waals surface area contributed by atoms with Crippen molar-refractivity contribution in [3.05, 3.63) is 52.5 Å². The van der Waals surface area contributed by atoms with E-state index in [0.717, 1.165) is 29.9 Å². The van der Waals surface area contributed by atoms with E-state index in [1.54, 1.807) is 12.4 Å². The van der Waals surface area contributed by atoms with Gasteiger partial charge in [-0.3, -0.25) is 9.78 Å². The first-order chi connectivity index (χ1) is 11.8. The molecule has 126 valence electrons. The second-order valence-corrected chi connectivity index (χ2v) is 7.13. The summed E-state index contributed by atoms with van der Waals surface area (Å²) in [6, 6.07) is 7.82. The molecular formula is C18H20N2O3S. The van der Waals surface area contributed by atoms with Gasteiger partial charge >= 0.3 is 0 Å². The fourth-order valence-corrected chi connectivity index (χ4v) is 4.19. The van der Waals surface area contributed by atoms with Gasteiger partial charge in [-0.1, -0.05) is 6.07 Å². The number of hydrogen-bond donors (Lipinski definition) is 0. The number of nitrogens with zero attached hydrogens (tertiary/aromatic N) is 2. The summed E-state index contributed by atoms with van der Waals surface area (Å²) in [5, 5.41) is 1.94. The Morgan fingerprint density at radius 1 is 1.38 bits per heavy atom. The maximum absolute atomic E-state index is 12.8. The smallest absolute Gasteiger partial charge is 0.264 e. The molecule has 5 nitrogen and oxygen atoms in total. The number of amides is 1. The lowest BCUT2D eigenvalue weighted by Crippen LogP contribution is -2.43. The fraction of sp³-hybridized carbons (Fsp3) is 0.444. The van der Waals surface area contributed by atoms with Crippen molar-refractivity contribution in [2.75, 3.05) is 13.2 Å². The largest absolute Gasteiger partial charge is 0.373 e. The number of thiophene rings is 1. The van der Waals surface area contributed by atoms with Crippen LogP contribution in [-0.2, 0) is 16.1 Å². The molecule has 0 aliphatic carbocycles. The monoisotopic (exact) mass is 344 g/mol. The molecule has 0 unspecified atom stereocenters. The quantitative estimate of drug-likeness (QED) is 0.856. The van der Waals surface area contributed by atoms with Gasteiger partial charge in [-0.2, -0.15) is 0 Å². The lowest BCUT2D eigenvalue weighted by atomic mass is 10.0. The van der Waals surface area contributed by atoms with E-state index < -0.39 is 0 Å². The number of aromatic nitrogens is 1. The summed E-state index contributed by atoms with van der Waals surface area (Å²) < 4.78 is 12.1. The maximum atomic E-state index is 12.8. The Morgan fingerprint density at radius 3 is 3.04 bits per heavy atom. The second-order valence-electron chi connectivity index (χ2n) is 6.18. The van der Waals surface area contributed by atoms with E-state index in [1.165, 1.54) is 11.3 Å². The second kappa shape index (κ2) is 7.01. The number of carbonyl (C=O) groups excluding carboxylic acids is 1. The van der Waals surface area contributed by atoms with Gasteiger partial charge in [-0.25, -0.2) is 0 Å². The highest BCUT2D eigenvalue weighted by molar-refractivity contribution is 7.12. The van der Waals surface area contributed by atoms with Gasteiger partial charge in [0.15, 0.2) is 0 Å². The van der Waals surface area contributed by atoms with E-state index >= 15 is 0 Å². The van der Waals surface area contributed by atoms with Crippen LogP contribution in [0.15, 0.2) is 42.0 Å². The summed E-state index contributed by atoms with van der Waals surface area (Å²) in [4.78, 5) is 19.6. The molecule has 24 heavy (non-hydrogen) atoms. The standard InChI is InChI=1S/C18H20N2O3S/c21-18(16-4-2-10-24-16)20-11-15(17-14(20)3-1-9-22-17)23-12-13-5-7-19-8-6-13/h2,4-8,10,14-15,17H,1,3,9,11-12H2/t14-,15+,17+/m0/s1. The van der Waals surface area contributed by atoms with Crippen molar-refractivity contribution in [3.8, 4) is 0 Å². The zero-order valence-electron chi connectivity index (χ0n) is 13.3. The Labute approximate surface area is 145 Å². The number of ether oxygens (including phenoxy) is 2. The van der Waals surface area contributed by atoms with E-state index in [9.17, 15) is 4.79 Å². The molecule has 0 spiro atoms. The van der Waals surface area contributed by atoms with Crippen LogP contribution in [0.5, 0.6) is 0 Å². The normalized spacial score (nSPS) is 26.3. The minimum absolute atomic E-state index is 0.0236. The first-order valence-corrected chi connectivity index (χ1v) is 9.17. The van der Waals surface area contributed by atoms with Gasteiger partial charge in [-0.15, -0.1) is 11.3 Å². The third-order valence-corrected chi connectivity index (χ3v) is 5.54. The van der Waals surface area contributed by atoms with Crippen LogP contribution in [0.3, 0.4) is 0 Å². The number of fused-ring (bicyclic) bond motifs is 1. The molecule has 0 radical (unpaired) electrons. The Morgan fingerprint density at radius 2 is 2.25 bits per heavy atom. The SMILES string of the molecule is O=C(c1cccs1)N1C[C@@H](OCc2ccncc2)[C@@H]2OCCC[C@@H]21. The van der Waals surface area contributed by atoms with Gasteiger partial charge in [0.2, 0.25) is 0 Å². The predicted octanol–water partition coefficient (Wildman–Crippen LogP) is 2.73. The molecule has 2 aliphatic heterocycles. The van der Waals surface area contributed by atoms with Crippen molar-refractivity contribution >= 4 is 17.2 Å². The van der Waals surface area contributed by atoms with E-state index in [0.29, 0.717) is 13.2 Å². The molecule has 6 heteroatoms. The van der Waals surface area contributed by atoms with Gasteiger partial charge in [0.05, 0.1) is 24.1 Å². The third kappa shape index (κ3) is 3.09. The van der Waals surface area contributed by atoms with Crippen molar-refractivity contribution in [1.29, 1.82) is 0 Å². The van der Waals surface area contributed by atoms with Gasteiger partial charge < -0.3 is 14.4 Å². The molecule has 4 rings (SSSR count). The van der Waals surface area contributed by atoms with Crippen LogP contribution in [0.25, 0.3) is 0 Å². The molecule has 0 saturated carbocycles.